The molecular formula is C21H37N3O2. The summed E-state index contributed by atoms with van der Waals surface area (Å²) < 4.78 is 0.240. The lowest BCUT2D eigenvalue weighted by Crippen LogP contribution is -2.55. The molecule has 0 aromatic heterocycles. The molecule has 1 aliphatic rings. The summed E-state index contributed by atoms with van der Waals surface area (Å²) in [6.07, 6.45) is 21.3. The predicted molar refractivity (Wildman–Crippen MR) is 106 cm³/mol. The lowest BCUT2D eigenvalue weighted by atomic mass is 10.1. The van der Waals surface area contributed by atoms with Crippen LogP contribution in [0.5, 0.6) is 0 Å². The van der Waals surface area contributed by atoms with Crippen molar-refractivity contribution in [1.82, 2.24) is 0 Å². The number of aliphatic imine (C=N–C) groups is 1. The minimum atomic E-state index is -1.05. The summed E-state index contributed by atoms with van der Waals surface area (Å²) in [4.78, 5) is 15.5. The summed E-state index contributed by atoms with van der Waals surface area (Å²) >= 11 is 0. The first kappa shape index (κ1) is 22.6. The summed E-state index contributed by atoms with van der Waals surface area (Å²) in [6.45, 7) is 3.14. The second-order valence-corrected chi connectivity index (χ2v) is 7.19. The zero-order valence-electron chi connectivity index (χ0n) is 16.5. The summed E-state index contributed by atoms with van der Waals surface area (Å²) in [6, 6.07) is 0. The lowest BCUT2D eigenvalue weighted by Gasteiger charge is -2.32. The average molecular weight is 364 g/mol. The molecule has 0 saturated heterocycles. The molecule has 26 heavy (non-hydrogen) atoms. The predicted octanol–water partition coefficient (Wildman–Crippen LogP) is 3.26. The van der Waals surface area contributed by atoms with Crippen molar-refractivity contribution in [2.24, 2.45) is 10.7 Å². The summed E-state index contributed by atoms with van der Waals surface area (Å²) in [5, 5.41) is 11.1. The summed E-state index contributed by atoms with van der Waals surface area (Å²) in [5.74, 6) is -0.138. The minimum Gasteiger partial charge on any atom is -0.544 e. The Hall–Kier alpha value is -1.46. The molecule has 0 aromatic rings. The van der Waals surface area contributed by atoms with Gasteiger partial charge in [-0.2, -0.15) is 0 Å². The fourth-order valence-corrected chi connectivity index (χ4v) is 3.45. The molecule has 148 valence electrons. The number of nitrogens with two attached hydrogens (primary N) is 1. The Kier molecular flexibility index (Phi) is 11.9. The number of aliphatic carboxylic acids is 1. The number of carbonyl (C=O) groups is 1. The Bertz CT molecular complexity index is 486. The Morgan fingerprint density at radius 2 is 1.77 bits per heavy atom. The molecule has 2 N–H and O–H groups in total. The molecule has 1 atom stereocenters. The highest BCUT2D eigenvalue weighted by Gasteiger charge is 2.34. The van der Waals surface area contributed by atoms with Gasteiger partial charge in [-0.15, -0.1) is 0 Å². The van der Waals surface area contributed by atoms with Gasteiger partial charge in [-0.1, -0.05) is 57.6 Å². The monoisotopic (exact) mass is 363 g/mol. The molecule has 5 nitrogen and oxygen atoms in total. The Morgan fingerprint density at radius 3 is 2.42 bits per heavy atom. The fraction of sp³-hybridized carbons (Fsp3) is 0.714. The topological polar surface area (TPSA) is 78.5 Å². The normalized spacial score (nSPS) is 19.4. The third-order valence-corrected chi connectivity index (χ3v) is 4.92. The van der Waals surface area contributed by atoms with Gasteiger partial charge in [0.15, 0.2) is 0 Å². The molecule has 1 unspecified atom stereocenters. The number of hydrogen-bond donors (Lipinski definition) is 1. The van der Waals surface area contributed by atoms with Gasteiger partial charge in [0.2, 0.25) is 5.84 Å². The van der Waals surface area contributed by atoms with Gasteiger partial charge in [-0.25, -0.2) is 9.48 Å². The summed E-state index contributed by atoms with van der Waals surface area (Å²) in [7, 11) is 0. The minimum absolute atomic E-state index is 0.0702. The molecule has 1 heterocycles. The van der Waals surface area contributed by atoms with Crippen LogP contribution < -0.4 is 10.8 Å². The number of hydrogen-bond acceptors (Lipinski definition) is 4. The van der Waals surface area contributed by atoms with Gasteiger partial charge in [-0.05, 0) is 25.7 Å². The number of allylic oxidation sites excluding steroid dienone is 2. The van der Waals surface area contributed by atoms with E-state index in [1.54, 1.807) is 6.20 Å². The van der Waals surface area contributed by atoms with E-state index in [9.17, 15) is 9.90 Å². The number of carboxylic acids is 1. The van der Waals surface area contributed by atoms with Crippen molar-refractivity contribution < 1.29 is 14.4 Å². The van der Waals surface area contributed by atoms with E-state index in [0.717, 1.165) is 18.7 Å². The fourth-order valence-electron chi connectivity index (χ4n) is 3.45. The molecule has 1 aliphatic heterocycles. The molecule has 5 heteroatoms. The lowest BCUT2D eigenvalue weighted by molar-refractivity contribution is -0.780. The van der Waals surface area contributed by atoms with Crippen molar-refractivity contribution >= 4 is 11.8 Å². The first-order chi connectivity index (χ1) is 12.6. The maximum absolute atomic E-state index is 11.1. The van der Waals surface area contributed by atoms with Crippen LogP contribution in [0.3, 0.4) is 0 Å². The van der Waals surface area contributed by atoms with Gasteiger partial charge in [-0.3, -0.25) is 0 Å². The van der Waals surface area contributed by atoms with Gasteiger partial charge < -0.3 is 15.6 Å². The van der Waals surface area contributed by atoms with Gasteiger partial charge >= 0.3 is 0 Å². The molecule has 0 amide bonds. The number of carbonyl (C=O) groups excluding carboxylic acids is 1. The molecule has 1 rings (SSSR count). The van der Waals surface area contributed by atoms with Crippen LogP contribution in [0, 0.1) is 0 Å². The van der Waals surface area contributed by atoms with Crippen molar-refractivity contribution in [2.75, 3.05) is 19.6 Å². The molecule has 0 fully saturated rings. The van der Waals surface area contributed by atoms with Gasteiger partial charge in [0.1, 0.15) is 19.3 Å². The van der Waals surface area contributed by atoms with Crippen LogP contribution in [0.4, 0.5) is 0 Å². The SMILES string of the molecule is CCC/C=C/CCCCCCCCCC1=NC=C[N+]1(CCN)CC(=O)[O-]. The van der Waals surface area contributed by atoms with Crippen molar-refractivity contribution in [3.63, 3.8) is 0 Å². The van der Waals surface area contributed by atoms with Crippen molar-refractivity contribution in [1.29, 1.82) is 0 Å². The Balaban J connectivity index is 2.12. The Morgan fingerprint density at radius 1 is 1.12 bits per heavy atom. The first-order valence-electron chi connectivity index (χ1n) is 10.3. The number of unbranched alkanes of at least 4 members (excludes halogenated alkanes) is 8. The largest absolute Gasteiger partial charge is 0.544 e. The molecule has 0 radical (unpaired) electrons. The molecule has 0 aromatic carbocycles. The van der Waals surface area contributed by atoms with Gasteiger partial charge in [0, 0.05) is 13.0 Å². The molecular weight excluding hydrogens is 326 g/mol. The highest BCUT2D eigenvalue weighted by Crippen LogP contribution is 2.21. The van der Waals surface area contributed by atoms with Crippen LogP contribution in [0.15, 0.2) is 29.5 Å². The smallest absolute Gasteiger partial charge is 0.207 e. The number of carboxylic acid groups (broad SMARTS) is 1. The van der Waals surface area contributed by atoms with E-state index in [2.05, 4.69) is 24.1 Å². The van der Waals surface area contributed by atoms with E-state index in [0.29, 0.717) is 13.1 Å². The van der Waals surface area contributed by atoms with Gasteiger partial charge in [0.05, 0.1) is 12.2 Å². The van der Waals surface area contributed by atoms with E-state index < -0.39 is 5.97 Å². The molecule has 0 spiro atoms. The quantitative estimate of drug-likeness (QED) is 0.260. The van der Waals surface area contributed by atoms with Crippen LogP contribution in [0.2, 0.25) is 0 Å². The van der Waals surface area contributed by atoms with Crippen molar-refractivity contribution in [2.45, 2.75) is 77.6 Å². The second kappa shape index (κ2) is 13.7. The van der Waals surface area contributed by atoms with Crippen LogP contribution in [0.1, 0.15) is 77.6 Å². The van der Waals surface area contributed by atoms with Crippen LogP contribution in [-0.2, 0) is 4.79 Å². The second-order valence-electron chi connectivity index (χ2n) is 7.19. The highest BCUT2D eigenvalue weighted by molar-refractivity contribution is 5.80. The van der Waals surface area contributed by atoms with E-state index in [1.807, 2.05) is 6.20 Å². The van der Waals surface area contributed by atoms with Crippen LogP contribution >= 0.6 is 0 Å². The third kappa shape index (κ3) is 8.77. The Labute approximate surface area is 159 Å². The van der Waals surface area contributed by atoms with E-state index in [-0.39, 0.29) is 11.0 Å². The maximum Gasteiger partial charge on any atom is 0.207 e. The van der Waals surface area contributed by atoms with Crippen LogP contribution in [0.25, 0.3) is 0 Å². The zero-order valence-corrected chi connectivity index (χ0v) is 16.5. The van der Waals surface area contributed by atoms with Crippen LogP contribution in [-0.4, -0.2) is 35.9 Å². The standard InChI is InChI=1S/C21H37N3O2/c1-2-3-4-5-6-7-8-9-10-11-12-13-14-20-23-16-18-24(20,17-15-22)19-21(25)26/h4-5,16,18H,2-3,6-15,17,19,22H2,1H3/b5-4+. The number of quaternary nitrogens is 1. The maximum atomic E-state index is 11.1. The number of amidine groups is 1. The number of nitrogens with zero attached hydrogens (tertiary/aromatic N) is 2. The van der Waals surface area contributed by atoms with Crippen molar-refractivity contribution in [3.05, 3.63) is 24.6 Å². The van der Waals surface area contributed by atoms with Crippen molar-refractivity contribution in [3.8, 4) is 0 Å². The first-order valence-corrected chi connectivity index (χ1v) is 10.3. The van der Waals surface area contributed by atoms with E-state index in [1.165, 1.54) is 57.8 Å². The molecule has 0 bridgehead atoms. The summed E-state index contributed by atoms with van der Waals surface area (Å²) in [5.41, 5.74) is 5.68. The third-order valence-electron chi connectivity index (χ3n) is 4.92. The highest BCUT2D eigenvalue weighted by atomic mass is 16.4. The average Bonchev–Trinajstić information content (AvgIpc) is 2.97. The molecule has 0 saturated carbocycles. The van der Waals surface area contributed by atoms with E-state index >= 15 is 0 Å². The number of rotatable bonds is 16. The van der Waals surface area contributed by atoms with Gasteiger partial charge in [0.25, 0.3) is 0 Å². The zero-order chi connectivity index (χ0) is 19.1. The van der Waals surface area contributed by atoms with E-state index in [4.69, 9.17) is 5.73 Å². The molecule has 0 aliphatic carbocycles.